The first-order valence-electron chi connectivity index (χ1n) is 4.08. The highest BCUT2D eigenvalue weighted by molar-refractivity contribution is 5.75. The highest BCUT2D eigenvalue weighted by atomic mass is 16.7. The first-order valence-corrected chi connectivity index (χ1v) is 4.08. The van der Waals surface area contributed by atoms with Crippen LogP contribution in [0.1, 0.15) is 6.92 Å². The predicted octanol–water partition coefficient (Wildman–Crippen LogP) is -1.34. The second kappa shape index (κ2) is 6.11. The Hall–Kier alpha value is -2.45. The number of guanidine groups is 1. The van der Waals surface area contributed by atoms with E-state index in [1.165, 1.54) is 17.7 Å². The molecule has 0 spiro atoms. The standard InChI is InChI=1S/C4H7N3O.C3H7N3O2/c1-7-2-3(8)6-4(7)5;1-2(7)8-6-3(4)5/h2,8H,1H3,(H2,5,6);1H3,(H4,4,5,6). The number of rotatable bonds is 0. The maximum atomic E-state index is 9.91. The molecule has 90 valence electrons. The summed E-state index contributed by atoms with van der Waals surface area (Å²) in [4.78, 5) is 17.5. The van der Waals surface area contributed by atoms with Gasteiger partial charge >= 0.3 is 5.97 Å². The molecule has 0 aliphatic rings. The van der Waals surface area contributed by atoms with Gasteiger partial charge in [0.25, 0.3) is 0 Å². The molecule has 0 aliphatic heterocycles. The van der Waals surface area contributed by atoms with Crippen LogP contribution in [0.2, 0.25) is 0 Å². The van der Waals surface area contributed by atoms with Gasteiger partial charge in [-0.2, -0.15) is 10.5 Å². The van der Waals surface area contributed by atoms with Crippen molar-refractivity contribution in [3.63, 3.8) is 0 Å². The molecule has 1 aromatic rings. The van der Waals surface area contributed by atoms with Gasteiger partial charge in [-0.25, -0.2) is 0 Å². The Kier molecular flexibility index (Phi) is 5.18. The minimum absolute atomic E-state index is 0.0370. The zero-order valence-electron chi connectivity index (χ0n) is 8.89. The molecule has 0 radical (unpaired) electrons. The summed E-state index contributed by atoms with van der Waals surface area (Å²) in [6.45, 7) is 1.20. The SMILES string of the molecule is CC(=O)ONC(=N)N.Cn1cc(O)nc1N. The van der Waals surface area contributed by atoms with E-state index in [1.807, 2.05) is 5.48 Å². The monoisotopic (exact) mass is 230 g/mol. The van der Waals surface area contributed by atoms with Gasteiger partial charge in [0.1, 0.15) is 0 Å². The van der Waals surface area contributed by atoms with Crippen LogP contribution in [0.25, 0.3) is 0 Å². The van der Waals surface area contributed by atoms with Crippen LogP contribution in [-0.4, -0.2) is 26.6 Å². The Morgan fingerprint density at radius 3 is 2.44 bits per heavy atom. The van der Waals surface area contributed by atoms with Crippen LogP contribution < -0.4 is 16.9 Å². The van der Waals surface area contributed by atoms with E-state index in [1.54, 1.807) is 7.05 Å². The zero-order valence-corrected chi connectivity index (χ0v) is 8.89. The van der Waals surface area contributed by atoms with Gasteiger partial charge in [0.2, 0.25) is 17.8 Å². The Balaban J connectivity index is 0.000000281. The van der Waals surface area contributed by atoms with Crippen molar-refractivity contribution in [2.24, 2.45) is 12.8 Å². The molecule has 1 rings (SSSR count). The van der Waals surface area contributed by atoms with E-state index < -0.39 is 5.97 Å². The molecule has 1 heterocycles. The van der Waals surface area contributed by atoms with Crippen molar-refractivity contribution in [2.45, 2.75) is 6.92 Å². The maximum Gasteiger partial charge on any atom is 0.329 e. The van der Waals surface area contributed by atoms with Crippen LogP contribution in [0.5, 0.6) is 5.88 Å². The summed E-state index contributed by atoms with van der Waals surface area (Å²) >= 11 is 0. The number of nitrogens with two attached hydrogens (primary N) is 2. The lowest BCUT2D eigenvalue weighted by molar-refractivity contribution is -0.145. The molecule has 0 saturated heterocycles. The molecule has 0 saturated carbocycles. The van der Waals surface area contributed by atoms with Crippen molar-refractivity contribution < 1.29 is 14.7 Å². The Bertz CT molecular complexity index is 341. The molecule has 0 unspecified atom stereocenters. The highest BCUT2D eigenvalue weighted by Gasteiger charge is 1.95. The fourth-order valence-corrected chi connectivity index (χ4v) is 0.591. The van der Waals surface area contributed by atoms with Gasteiger partial charge in [0.15, 0.2) is 0 Å². The number of anilines is 1. The maximum absolute atomic E-state index is 9.91. The quantitative estimate of drug-likeness (QED) is 0.210. The Morgan fingerprint density at radius 1 is 1.75 bits per heavy atom. The number of aryl methyl sites for hydroxylation is 1. The van der Waals surface area contributed by atoms with E-state index in [2.05, 4.69) is 9.82 Å². The fraction of sp³-hybridized carbons (Fsp3) is 0.286. The van der Waals surface area contributed by atoms with Crippen LogP contribution in [0, 0.1) is 5.41 Å². The second-order valence-electron chi connectivity index (χ2n) is 2.68. The first-order chi connectivity index (χ1) is 7.32. The summed E-state index contributed by atoms with van der Waals surface area (Å²) in [7, 11) is 1.71. The molecule has 0 bridgehead atoms. The highest BCUT2D eigenvalue weighted by Crippen LogP contribution is 2.06. The molecule has 0 atom stereocenters. The average molecular weight is 230 g/mol. The summed E-state index contributed by atoms with van der Waals surface area (Å²) in [5.41, 5.74) is 11.8. The predicted molar refractivity (Wildman–Crippen MR) is 56.1 cm³/mol. The number of carbonyl (C=O) groups excluding carboxylic acids is 1. The van der Waals surface area contributed by atoms with E-state index >= 15 is 0 Å². The summed E-state index contributed by atoms with van der Waals surface area (Å²) in [5, 5.41) is 15.1. The van der Waals surface area contributed by atoms with Crippen molar-refractivity contribution in [2.75, 3.05) is 5.73 Å². The van der Waals surface area contributed by atoms with E-state index in [9.17, 15) is 4.79 Å². The number of hydroxylamine groups is 1. The number of aromatic nitrogens is 2. The molecule has 1 aromatic heterocycles. The molecule has 7 N–H and O–H groups in total. The molecule has 9 heteroatoms. The van der Waals surface area contributed by atoms with Crippen LogP contribution in [0.4, 0.5) is 5.95 Å². The lowest BCUT2D eigenvalue weighted by atomic mass is 10.8. The van der Waals surface area contributed by atoms with E-state index in [0.717, 1.165) is 0 Å². The van der Waals surface area contributed by atoms with Crippen LogP contribution in [0.15, 0.2) is 6.20 Å². The van der Waals surface area contributed by atoms with Crippen molar-refractivity contribution in [1.29, 1.82) is 5.41 Å². The molecule has 0 amide bonds. The summed E-state index contributed by atoms with van der Waals surface area (Å²) in [5.74, 6) is -0.632. The first kappa shape index (κ1) is 13.5. The van der Waals surface area contributed by atoms with Gasteiger partial charge in [0.05, 0.1) is 6.20 Å². The van der Waals surface area contributed by atoms with Crippen molar-refractivity contribution in [3.8, 4) is 5.88 Å². The fourth-order valence-electron chi connectivity index (χ4n) is 0.591. The Morgan fingerprint density at radius 2 is 2.31 bits per heavy atom. The average Bonchev–Trinajstić information content (AvgIpc) is 2.42. The number of hydrogen-bond donors (Lipinski definition) is 5. The number of imidazole rings is 1. The van der Waals surface area contributed by atoms with Gasteiger partial charge in [-0.05, 0) is 0 Å². The third kappa shape index (κ3) is 6.07. The summed E-state index contributed by atoms with van der Waals surface area (Å²) in [6, 6.07) is 0. The van der Waals surface area contributed by atoms with Crippen LogP contribution in [0.3, 0.4) is 0 Å². The molecule has 9 nitrogen and oxygen atoms in total. The molecule has 0 aliphatic carbocycles. The van der Waals surface area contributed by atoms with Gasteiger partial charge in [-0.15, -0.1) is 0 Å². The van der Waals surface area contributed by atoms with Crippen molar-refractivity contribution in [1.82, 2.24) is 15.0 Å². The van der Waals surface area contributed by atoms with E-state index in [4.69, 9.17) is 22.0 Å². The summed E-state index contributed by atoms with van der Waals surface area (Å²) < 4.78 is 1.54. The van der Waals surface area contributed by atoms with Gasteiger partial charge < -0.3 is 26.0 Å². The number of aromatic hydroxyl groups is 1. The van der Waals surface area contributed by atoms with E-state index in [-0.39, 0.29) is 11.8 Å². The normalized spacial score (nSPS) is 8.62. The number of nitrogens with one attached hydrogen (secondary N) is 2. The number of nitrogen functional groups attached to an aromatic ring is 1. The number of hydrogen-bond acceptors (Lipinski definition) is 6. The smallest absolute Gasteiger partial charge is 0.329 e. The van der Waals surface area contributed by atoms with Crippen molar-refractivity contribution in [3.05, 3.63) is 6.20 Å². The van der Waals surface area contributed by atoms with Crippen molar-refractivity contribution >= 4 is 17.9 Å². The molecule has 0 aromatic carbocycles. The Labute approximate surface area is 91.5 Å². The van der Waals surface area contributed by atoms with Crippen LogP contribution >= 0.6 is 0 Å². The lowest BCUT2D eigenvalue weighted by Crippen LogP contribution is -2.31. The lowest BCUT2D eigenvalue weighted by Gasteiger charge is -1.98. The van der Waals surface area contributed by atoms with E-state index in [0.29, 0.717) is 5.95 Å². The van der Waals surface area contributed by atoms with Crippen LogP contribution in [-0.2, 0) is 16.7 Å². The molecular weight excluding hydrogens is 216 g/mol. The molecule has 16 heavy (non-hydrogen) atoms. The second-order valence-corrected chi connectivity index (χ2v) is 2.68. The third-order valence-corrected chi connectivity index (χ3v) is 1.20. The number of carbonyl (C=O) groups is 1. The summed E-state index contributed by atoms with van der Waals surface area (Å²) in [6.07, 6.45) is 1.44. The van der Waals surface area contributed by atoms with Gasteiger partial charge in [-0.1, -0.05) is 0 Å². The molecule has 0 fully saturated rings. The number of nitrogens with zero attached hydrogens (tertiary/aromatic N) is 2. The minimum Gasteiger partial charge on any atom is -0.492 e. The largest absolute Gasteiger partial charge is 0.492 e. The molecular formula is C7H14N6O3. The zero-order chi connectivity index (χ0) is 12.7. The van der Waals surface area contributed by atoms with Gasteiger partial charge in [0, 0.05) is 14.0 Å². The minimum atomic E-state index is -0.528. The van der Waals surface area contributed by atoms with Gasteiger partial charge in [-0.3, -0.25) is 10.2 Å². The topological polar surface area (TPSA) is 152 Å². The third-order valence-electron chi connectivity index (χ3n) is 1.20.